The lowest BCUT2D eigenvalue weighted by Crippen LogP contribution is -2.39. The number of fused-ring (bicyclic) bond motifs is 1. The number of phenols is 1. The summed E-state index contributed by atoms with van der Waals surface area (Å²) in [5, 5.41) is 33.8. The number of thiophene rings is 1. The van der Waals surface area contributed by atoms with Gasteiger partial charge in [-0.3, -0.25) is 14.5 Å². The number of carbonyl (C=O) groups is 2. The number of allylic oxidation sites excluding steroid dienone is 2. The maximum atomic E-state index is 13.4. The van der Waals surface area contributed by atoms with Crippen molar-refractivity contribution in [1.29, 1.82) is 0 Å². The van der Waals surface area contributed by atoms with Crippen LogP contribution in [0.5, 0.6) is 11.5 Å². The zero-order valence-electron chi connectivity index (χ0n) is 21.8. The van der Waals surface area contributed by atoms with E-state index in [1.165, 1.54) is 23.3 Å². The first-order valence-corrected chi connectivity index (χ1v) is 14.8. The molecule has 4 atom stereocenters. The SMILES string of the molecule is CCC1=C([C@H](O)CC/C(C)=C/c2cc(I)c(O)c(OC)c2)[C@H](CO)[C@@H]2C(=O)N(Cc3cccs3)C(=O)[C@@H]2C1. The number of halogens is 1. The van der Waals surface area contributed by atoms with Crippen molar-refractivity contribution in [1.82, 2.24) is 4.90 Å². The van der Waals surface area contributed by atoms with Gasteiger partial charge in [-0.25, -0.2) is 0 Å². The number of aliphatic hydroxyl groups is 2. The molecule has 38 heavy (non-hydrogen) atoms. The second-order valence-electron chi connectivity index (χ2n) is 9.98. The minimum Gasteiger partial charge on any atom is -0.504 e. The summed E-state index contributed by atoms with van der Waals surface area (Å²) in [6, 6.07) is 7.44. The maximum Gasteiger partial charge on any atom is 0.234 e. The lowest BCUT2D eigenvalue weighted by atomic mass is 9.67. The van der Waals surface area contributed by atoms with Crippen molar-refractivity contribution in [2.24, 2.45) is 17.8 Å². The fourth-order valence-corrected chi connectivity index (χ4v) is 7.10. The summed E-state index contributed by atoms with van der Waals surface area (Å²) >= 11 is 3.56. The van der Waals surface area contributed by atoms with Crippen LogP contribution in [0.15, 0.2) is 46.4 Å². The van der Waals surface area contributed by atoms with Gasteiger partial charge in [0.2, 0.25) is 11.8 Å². The molecule has 3 N–H and O–H groups in total. The van der Waals surface area contributed by atoms with E-state index in [0.717, 1.165) is 27.2 Å². The molecule has 1 aliphatic heterocycles. The number of methoxy groups -OCH3 is 1. The van der Waals surface area contributed by atoms with Gasteiger partial charge < -0.3 is 20.1 Å². The van der Waals surface area contributed by atoms with Gasteiger partial charge in [-0.2, -0.15) is 0 Å². The zero-order chi connectivity index (χ0) is 27.6. The smallest absolute Gasteiger partial charge is 0.234 e. The fraction of sp³-hybridized carbons (Fsp3) is 0.448. The molecule has 1 aromatic carbocycles. The van der Waals surface area contributed by atoms with Gasteiger partial charge in [0, 0.05) is 10.8 Å². The number of hydrogen-bond acceptors (Lipinski definition) is 7. The molecule has 4 rings (SSSR count). The average Bonchev–Trinajstić information content (AvgIpc) is 3.50. The molecule has 0 unspecified atom stereocenters. The van der Waals surface area contributed by atoms with E-state index >= 15 is 0 Å². The van der Waals surface area contributed by atoms with E-state index in [1.807, 2.05) is 43.5 Å². The first kappa shape index (κ1) is 28.8. The number of phenolic OH excluding ortho intramolecular Hbond substituents is 1. The van der Waals surface area contributed by atoms with Crippen LogP contribution < -0.4 is 4.74 Å². The number of imide groups is 1. The fourth-order valence-electron chi connectivity index (χ4n) is 5.79. The third kappa shape index (κ3) is 5.71. The summed E-state index contributed by atoms with van der Waals surface area (Å²) < 4.78 is 5.94. The molecular formula is C29H34INO6S. The van der Waals surface area contributed by atoms with Crippen molar-refractivity contribution >= 4 is 51.8 Å². The number of aromatic hydroxyl groups is 1. The molecule has 204 valence electrons. The van der Waals surface area contributed by atoms with Crippen molar-refractivity contribution in [2.75, 3.05) is 13.7 Å². The molecule has 1 fully saturated rings. The van der Waals surface area contributed by atoms with Crippen LogP contribution in [0.2, 0.25) is 0 Å². The van der Waals surface area contributed by atoms with E-state index in [2.05, 4.69) is 22.6 Å². The number of amides is 2. The van der Waals surface area contributed by atoms with Gasteiger partial charge in [-0.1, -0.05) is 30.2 Å². The third-order valence-electron chi connectivity index (χ3n) is 7.65. The van der Waals surface area contributed by atoms with Crippen LogP contribution >= 0.6 is 33.9 Å². The molecule has 2 aliphatic rings. The molecule has 0 saturated carbocycles. The monoisotopic (exact) mass is 651 g/mol. The number of hydrogen-bond donors (Lipinski definition) is 3. The minimum absolute atomic E-state index is 0.108. The Balaban J connectivity index is 1.52. The summed E-state index contributed by atoms with van der Waals surface area (Å²) in [7, 11) is 1.51. The Kier molecular flexibility index (Phi) is 9.33. The maximum absolute atomic E-state index is 13.4. The number of benzene rings is 1. The number of rotatable bonds is 10. The van der Waals surface area contributed by atoms with Crippen molar-refractivity contribution in [3.63, 3.8) is 0 Å². The number of ether oxygens (including phenoxy) is 1. The Morgan fingerprint density at radius 3 is 2.71 bits per heavy atom. The van der Waals surface area contributed by atoms with Crippen LogP contribution in [-0.2, 0) is 16.1 Å². The highest BCUT2D eigenvalue weighted by Gasteiger charge is 2.54. The van der Waals surface area contributed by atoms with Crippen molar-refractivity contribution in [2.45, 2.75) is 52.2 Å². The molecular weight excluding hydrogens is 617 g/mol. The second-order valence-corrected chi connectivity index (χ2v) is 12.2. The summed E-state index contributed by atoms with van der Waals surface area (Å²) in [4.78, 5) is 29.0. The summed E-state index contributed by atoms with van der Waals surface area (Å²) in [5.74, 6) is -1.62. The molecule has 0 radical (unpaired) electrons. The highest BCUT2D eigenvalue weighted by molar-refractivity contribution is 14.1. The molecule has 0 bridgehead atoms. The number of likely N-dealkylation sites (tertiary alicyclic amines) is 1. The Bertz CT molecular complexity index is 1250. The van der Waals surface area contributed by atoms with Gasteiger partial charge in [0.15, 0.2) is 11.5 Å². The average molecular weight is 652 g/mol. The highest BCUT2D eigenvalue weighted by atomic mass is 127. The van der Waals surface area contributed by atoms with Crippen molar-refractivity contribution in [3.8, 4) is 11.5 Å². The normalized spacial score (nSPS) is 22.7. The van der Waals surface area contributed by atoms with E-state index in [-0.39, 0.29) is 30.7 Å². The molecule has 0 spiro atoms. The van der Waals surface area contributed by atoms with E-state index in [4.69, 9.17) is 4.74 Å². The van der Waals surface area contributed by atoms with Crippen LogP contribution in [0.1, 0.15) is 50.0 Å². The Hall–Kier alpha value is -2.21. The number of carbonyl (C=O) groups excluding carboxylic acids is 2. The third-order valence-corrected chi connectivity index (χ3v) is 9.33. The molecule has 1 saturated heterocycles. The summed E-state index contributed by atoms with van der Waals surface area (Å²) in [6.07, 6.45) is 3.30. The molecule has 9 heteroatoms. The van der Waals surface area contributed by atoms with E-state index in [1.54, 1.807) is 6.07 Å². The topological polar surface area (TPSA) is 107 Å². The quantitative estimate of drug-likeness (QED) is 0.187. The second kappa shape index (κ2) is 12.3. The standard InChI is InChI=1S/C29H34INO6S/c1-4-18-13-20-26(29(36)31(28(20)35)14-19-6-5-9-38-19)21(15-32)25(18)23(33)8-7-16(2)10-17-11-22(30)27(34)24(12-17)37-3/h5-6,9-12,20-21,23,26,32-34H,4,7-8,13-15H2,1-3H3/b16-10+/t20-,21+,23-,26-/m1/s1. The van der Waals surface area contributed by atoms with E-state index in [0.29, 0.717) is 35.0 Å². The lowest BCUT2D eigenvalue weighted by Gasteiger charge is -2.36. The minimum atomic E-state index is -0.824. The molecule has 2 amide bonds. The molecule has 1 aromatic heterocycles. The summed E-state index contributed by atoms with van der Waals surface area (Å²) in [5.41, 5.74) is 3.62. The van der Waals surface area contributed by atoms with Gasteiger partial charge in [0.25, 0.3) is 0 Å². The lowest BCUT2D eigenvalue weighted by molar-refractivity contribution is -0.140. The first-order chi connectivity index (χ1) is 18.2. The Morgan fingerprint density at radius 1 is 1.32 bits per heavy atom. The zero-order valence-corrected chi connectivity index (χ0v) is 24.8. The van der Waals surface area contributed by atoms with Crippen LogP contribution in [0.4, 0.5) is 0 Å². The molecule has 1 aliphatic carbocycles. The predicted molar refractivity (Wildman–Crippen MR) is 156 cm³/mol. The van der Waals surface area contributed by atoms with Gasteiger partial charge >= 0.3 is 0 Å². The van der Waals surface area contributed by atoms with Gasteiger partial charge in [-0.05, 0) is 89.9 Å². The van der Waals surface area contributed by atoms with Gasteiger partial charge in [-0.15, -0.1) is 11.3 Å². The molecule has 2 heterocycles. The number of aliphatic hydroxyl groups excluding tert-OH is 2. The predicted octanol–water partition coefficient (Wildman–Crippen LogP) is 5.13. The van der Waals surface area contributed by atoms with E-state index in [9.17, 15) is 24.9 Å². The van der Waals surface area contributed by atoms with Crippen molar-refractivity contribution < 1.29 is 29.6 Å². The van der Waals surface area contributed by atoms with Crippen LogP contribution in [0, 0.1) is 21.3 Å². The Labute approximate surface area is 241 Å². The van der Waals surface area contributed by atoms with Crippen LogP contribution in [0.25, 0.3) is 6.08 Å². The van der Waals surface area contributed by atoms with Crippen LogP contribution in [0.3, 0.4) is 0 Å². The summed E-state index contributed by atoms with van der Waals surface area (Å²) in [6.45, 7) is 3.94. The van der Waals surface area contributed by atoms with E-state index < -0.39 is 23.9 Å². The van der Waals surface area contributed by atoms with Crippen molar-refractivity contribution in [3.05, 3.63) is 60.4 Å². The van der Waals surface area contributed by atoms with Gasteiger partial charge in [0.05, 0.1) is 41.8 Å². The first-order valence-electron chi connectivity index (χ1n) is 12.8. The Morgan fingerprint density at radius 2 is 2.08 bits per heavy atom. The molecule has 7 nitrogen and oxygen atoms in total. The van der Waals surface area contributed by atoms with Crippen LogP contribution in [-0.4, -0.2) is 51.9 Å². The number of nitrogens with zero attached hydrogens (tertiary/aromatic N) is 1. The molecule has 2 aromatic rings. The largest absolute Gasteiger partial charge is 0.504 e. The van der Waals surface area contributed by atoms with Gasteiger partial charge in [0.1, 0.15) is 0 Å². The highest BCUT2D eigenvalue weighted by Crippen LogP contribution is 2.47.